The van der Waals surface area contributed by atoms with Gasteiger partial charge in [0.25, 0.3) is 0 Å². The van der Waals surface area contributed by atoms with Crippen LogP contribution in [0.2, 0.25) is 0 Å². The number of furan rings is 1. The first-order valence-corrected chi connectivity index (χ1v) is 17.4. The van der Waals surface area contributed by atoms with Gasteiger partial charge < -0.3 is 9.32 Å². The van der Waals surface area contributed by atoms with Gasteiger partial charge in [-0.05, 0) is 69.4 Å². The van der Waals surface area contributed by atoms with Crippen LogP contribution in [0.3, 0.4) is 0 Å². The monoisotopic (exact) mass is 643 g/mol. The first-order chi connectivity index (χ1) is 24.3. The summed E-state index contributed by atoms with van der Waals surface area (Å²) in [5, 5.41) is 7.21. The molecule has 10 rings (SSSR count). The van der Waals surface area contributed by atoms with E-state index >= 15 is 0 Å². The number of rotatable bonds is 5. The minimum absolute atomic E-state index is 0.873. The molecule has 0 aliphatic carbocycles. The van der Waals surface area contributed by atoms with Gasteiger partial charge in [0.2, 0.25) is 0 Å². The van der Waals surface area contributed by atoms with Crippen LogP contribution < -0.4 is 4.90 Å². The molecule has 49 heavy (non-hydrogen) atoms. The third kappa shape index (κ3) is 4.47. The van der Waals surface area contributed by atoms with Gasteiger partial charge in [-0.2, -0.15) is 0 Å². The molecule has 0 bridgehead atoms. The predicted molar refractivity (Wildman–Crippen MR) is 210 cm³/mol. The molecule has 2 aromatic heterocycles. The maximum Gasteiger partial charge on any atom is 0.160 e. The van der Waals surface area contributed by atoms with Crippen LogP contribution in [-0.4, -0.2) is 0 Å². The molecule has 3 heteroatoms. The van der Waals surface area contributed by atoms with Gasteiger partial charge in [0, 0.05) is 31.9 Å². The maximum absolute atomic E-state index is 7.00. The maximum atomic E-state index is 7.00. The number of anilines is 3. The molecule has 0 unspecified atom stereocenters. The van der Waals surface area contributed by atoms with Crippen molar-refractivity contribution in [3.63, 3.8) is 0 Å². The summed E-state index contributed by atoms with van der Waals surface area (Å²) in [6, 6.07) is 63.0. The van der Waals surface area contributed by atoms with Crippen LogP contribution in [0.15, 0.2) is 180 Å². The van der Waals surface area contributed by atoms with Gasteiger partial charge in [0.1, 0.15) is 5.58 Å². The molecule has 0 radical (unpaired) electrons. The van der Waals surface area contributed by atoms with Crippen molar-refractivity contribution >= 4 is 81.3 Å². The number of benzene rings is 8. The molecule has 8 aromatic carbocycles. The SMILES string of the molecule is c1ccc(-c2ccc(N(c3ccc(-c4ccccc4)c4c3oc3ccc5ccccc5c34)c3cccc4c3sc3ccccc34)cc2)cc1. The Kier molecular flexibility index (Phi) is 6.39. The summed E-state index contributed by atoms with van der Waals surface area (Å²) in [5.41, 5.74) is 9.68. The highest BCUT2D eigenvalue weighted by Gasteiger charge is 2.25. The van der Waals surface area contributed by atoms with Crippen LogP contribution in [0.5, 0.6) is 0 Å². The van der Waals surface area contributed by atoms with Crippen LogP contribution in [-0.2, 0) is 0 Å². The lowest BCUT2D eigenvalue weighted by Gasteiger charge is -2.27. The summed E-state index contributed by atoms with van der Waals surface area (Å²) in [7, 11) is 0. The first-order valence-electron chi connectivity index (χ1n) is 16.6. The van der Waals surface area contributed by atoms with Crippen LogP contribution in [0, 0.1) is 0 Å². The van der Waals surface area contributed by atoms with E-state index < -0.39 is 0 Å². The Morgan fingerprint density at radius 1 is 0.429 bits per heavy atom. The van der Waals surface area contributed by atoms with E-state index in [9.17, 15) is 0 Å². The number of hydrogen-bond donors (Lipinski definition) is 0. The zero-order chi connectivity index (χ0) is 32.3. The van der Waals surface area contributed by atoms with Crippen molar-refractivity contribution in [1.82, 2.24) is 0 Å². The fraction of sp³-hybridized carbons (Fsp3) is 0. The summed E-state index contributed by atoms with van der Waals surface area (Å²) in [6.45, 7) is 0. The third-order valence-electron chi connectivity index (χ3n) is 9.67. The molecular weight excluding hydrogens is 615 g/mol. The minimum Gasteiger partial charge on any atom is -0.454 e. The van der Waals surface area contributed by atoms with Gasteiger partial charge in [-0.1, -0.05) is 140 Å². The van der Waals surface area contributed by atoms with E-state index in [2.05, 4.69) is 181 Å². The summed E-state index contributed by atoms with van der Waals surface area (Å²) < 4.78 is 9.53. The number of hydrogen-bond acceptors (Lipinski definition) is 3. The van der Waals surface area contributed by atoms with E-state index in [0.717, 1.165) is 44.6 Å². The Labute approximate surface area is 287 Å². The molecule has 230 valence electrons. The highest BCUT2D eigenvalue weighted by molar-refractivity contribution is 7.26. The highest BCUT2D eigenvalue weighted by Crippen LogP contribution is 2.50. The molecule has 2 nitrogen and oxygen atoms in total. The summed E-state index contributed by atoms with van der Waals surface area (Å²) in [5.74, 6) is 0. The van der Waals surface area contributed by atoms with E-state index in [1.165, 1.54) is 47.6 Å². The summed E-state index contributed by atoms with van der Waals surface area (Å²) in [6.07, 6.45) is 0. The van der Waals surface area contributed by atoms with E-state index in [1.807, 2.05) is 11.3 Å². The van der Waals surface area contributed by atoms with Crippen molar-refractivity contribution in [2.75, 3.05) is 4.90 Å². The molecule has 0 saturated heterocycles. The van der Waals surface area contributed by atoms with E-state index in [-0.39, 0.29) is 0 Å². The van der Waals surface area contributed by atoms with Crippen molar-refractivity contribution in [3.8, 4) is 22.3 Å². The van der Waals surface area contributed by atoms with Gasteiger partial charge in [0.05, 0.1) is 16.1 Å². The Balaban J connectivity index is 1.30. The lowest BCUT2D eigenvalue weighted by molar-refractivity contribution is 0.669. The van der Waals surface area contributed by atoms with Crippen molar-refractivity contribution in [2.45, 2.75) is 0 Å². The fourth-order valence-electron chi connectivity index (χ4n) is 7.41. The van der Waals surface area contributed by atoms with Gasteiger partial charge in [-0.25, -0.2) is 0 Å². The van der Waals surface area contributed by atoms with E-state index in [0.29, 0.717) is 0 Å². The fourth-order valence-corrected chi connectivity index (χ4v) is 8.62. The van der Waals surface area contributed by atoms with Crippen molar-refractivity contribution in [2.24, 2.45) is 0 Å². The molecule has 0 fully saturated rings. The van der Waals surface area contributed by atoms with Crippen LogP contribution in [0.1, 0.15) is 0 Å². The zero-order valence-corrected chi connectivity index (χ0v) is 27.3. The molecule has 0 atom stereocenters. The molecule has 0 N–H and O–H groups in total. The Morgan fingerprint density at radius 2 is 1.10 bits per heavy atom. The topological polar surface area (TPSA) is 16.4 Å². The Hall–Kier alpha value is -6.16. The number of nitrogens with zero attached hydrogens (tertiary/aromatic N) is 1. The summed E-state index contributed by atoms with van der Waals surface area (Å²) >= 11 is 1.85. The van der Waals surface area contributed by atoms with Gasteiger partial charge in [0.15, 0.2) is 5.58 Å². The smallest absolute Gasteiger partial charge is 0.160 e. The predicted octanol–water partition coefficient (Wildman–Crippen LogP) is 13.9. The van der Waals surface area contributed by atoms with Crippen LogP contribution in [0.25, 0.3) is 75.1 Å². The Morgan fingerprint density at radius 3 is 1.92 bits per heavy atom. The molecule has 0 aliphatic rings. The van der Waals surface area contributed by atoms with Crippen LogP contribution >= 0.6 is 11.3 Å². The van der Waals surface area contributed by atoms with E-state index in [4.69, 9.17) is 4.42 Å². The average Bonchev–Trinajstić information content (AvgIpc) is 3.76. The second kappa shape index (κ2) is 11.2. The lowest BCUT2D eigenvalue weighted by Crippen LogP contribution is -2.10. The summed E-state index contributed by atoms with van der Waals surface area (Å²) in [4.78, 5) is 2.40. The first kappa shape index (κ1) is 27.9. The zero-order valence-electron chi connectivity index (χ0n) is 26.5. The van der Waals surface area contributed by atoms with Crippen molar-refractivity contribution < 1.29 is 4.42 Å². The molecule has 2 heterocycles. The average molecular weight is 644 g/mol. The second-order valence-corrected chi connectivity index (χ2v) is 13.5. The minimum atomic E-state index is 0.873. The molecule has 0 saturated carbocycles. The van der Waals surface area contributed by atoms with Crippen molar-refractivity contribution in [3.05, 3.63) is 176 Å². The van der Waals surface area contributed by atoms with Gasteiger partial charge in [-0.3, -0.25) is 0 Å². The Bertz CT molecular complexity index is 2810. The number of fused-ring (bicyclic) bond motifs is 8. The van der Waals surface area contributed by atoms with Crippen molar-refractivity contribution in [1.29, 1.82) is 0 Å². The number of thiophene rings is 1. The third-order valence-corrected chi connectivity index (χ3v) is 10.9. The van der Waals surface area contributed by atoms with E-state index in [1.54, 1.807) is 0 Å². The quantitative estimate of drug-likeness (QED) is 0.186. The molecule has 10 aromatic rings. The normalized spacial score (nSPS) is 11.7. The van der Waals surface area contributed by atoms with Gasteiger partial charge >= 0.3 is 0 Å². The molecule has 0 spiro atoms. The van der Waals surface area contributed by atoms with Gasteiger partial charge in [-0.15, -0.1) is 11.3 Å². The largest absolute Gasteiger partial charge is 0.454 e. The lowest BCUT2D eigenvalue weighted by atomic mass is 9.95. The standard InChI is InChI=1S/C46H29NOS/c1-3-12-30(13-4-1)31-22-25-34(26-23-31)47(40-20-11-19-38-37-18-9-10-21-42(37)49-46(38)40)39-28-27-36(32-14-5-2-6-15-32)44-43-35-17-8-7-16-33(35)24-29-41(43)48-45(39)44/h1-29H. The van der Waals surface area contributed by atoms with Crippen LogP contribution in [0.4, 0.5) is 17.1 Å². The second-order valence-electron chi connectivity index (χ2n) is 12.5. The molecule has 0 aliphatic heterocycles. The highest BCUT2D eigenvalue weighted by atomic mass is 32.1. The molecular formula is C46H29NOS. The molecule has 0 amide bonds.